The maximum Gasteiger partial charge on any atom is 0.266 e. The molecule has 5 nitrogen and oxygen atoms in total. The fourth-order valence-electron chi connectivity index (χ4n) is 2.38. The molecule has 1 unspecified atom stereocenters. The summed E-state index contributed by atoms with van der Waals surface area (Å²) in [5.74, 6) is 0.0148. The topological polar surface area (TPSA) is 64.4 Å². The quantitative estimate of drug-likeness (QED) is 0.673. The maximum atomic E-state index is 13.1. The van der Waals surface area contributed by atoms with E-state index in [-0.39, 0.29) is 24.5 Å². The van der Waals surface area contributed by atoms with Crippen molar-refractivity contribution in [2.45, 2.75) is 12.6 Å². The average Bonchev–Trinajstić information content (AvgIpc) is 2.63. The Morgan fingerprint density at radius 3 is 2.56 bits per heavy atom. The van der Waals surface area contributed by atoms with Crippen LogP contribution in [0, 0.1) is 5.82 Å². The molecule has 0 bridgehead atoms. The van der Waals surface area contributed by atoms with Crippen LogP contribution in [0.3, 0.4) is 0 Å². The first kappa shape index (κ1) is 19.4. The Bertz CT molecular complexity index is 993. The van der Waals surface area contributed by atoms with E-state index in [0.717, 1.165) is 4.68 Å². The van der Waals surface area contributed by atoms with Crippen molar-refractivity contribution in [1.82, 2.24) is 9.78 Å². The van der Waals surface area contributed by atoms with E-state index in [1.54, 1.807) is 30.3 Å². The second kappa shape index (κ2) is 8.52. The van der Waals surface area contributed by atoms with Gasteiger partial charge in [0.25, 0.3) is 5.56 Å². The average molecular weight is 409 g/mol. The van der Waals surface area contributed by atoms with Gasteiger partial charge in [-0.15, -0.1) is 0 Å². The number of benzene rings is 2. The van der Waals surface area contributed by atoms with Crippen molar-refractivity contribution >= 4 is 23.2 Å². The summed E-state index contributed by atoms with van der Waals surface area (Å²) in [7, 11) is 0. The summed E-state index contributed by atoms with van der Waals surface area (Å²) >= 11 is 11.8. The van der Waals surface area contributed by atoms with E-state index in [2.05, 4.69) is 5.10 Å². The van der Waals surface area contributed by atoms with Crippen LogP contribution in [-0.2, 0) is 6.54 Å². The Morgan fingerprint density at radius 2 is 1.85 bits per heavy atom. The Balaban J connectivity index is 1.69. The van der Waals surface area contributed by atoms with Gasteiger partial charge in [0.2, 0.25) is 0 Å². The van der Waals surface area contributed by atoms with Gasteiger partial charge in [-0.3, -0.25) is 4.79 Å². The van der Waals surface area contributed by atoms with Crippen molar-refractivity contribution in [3.8, 4) is 17.0 Å². The molecular formula is C19H15Cl2FN2O3. The number of hydrogen-bond donors (Lipinski definition) is 1. The third-order valence-electron chi connectivity index (χ3n) is 3.72. The van der Waals surface area contributed by atoms with Crippen LogP contribution in [0.5, 0.6) is 5.75 Å². The van der Waals surface area contributed by atoms with Crippen LogP contribution in [0.2, 0.25) is 10.0 Å². The molecule has 3 rings (SSSR count). The first-order valence-corrected chi connectivity index (χ1v) is 8.78. The number of ether oxygens (including phenoxy) is 1. The lowest BCUT2D eigenvalue weighted by Gasteiger charge is -2.14. The fraction of sp³-hybridized carbons (Fsp3) is 0.158. The van der Waals surface area contributed by atoms with Crippen molar-refractivity contribution in [3.05, 3.63) is 80.8 Å². The summed E-state index contributed by atoms with van der Waals surface area (Å²) in [6, 6.07) is 13.4. The highest BCUT2D eigenvalue weighted by atomic mass is 35.5. The van der Waals surface area contributed by atoms with Crippen molar-refractivity contribution in [3.63, 3.8) is 0 Å². The molecule has 0 saturated heterocycles. The molecule has 1 aromatic heterocycles. The van der Waals surface area contributed by atoms with E-state index in [9.17, 15) is 14.3 Å². The minimum Gasteiger partial charge on any atom is -0.489 e. The number of aliphatic hydroxyl groups excluding tert-OH is 1. The minimum atomic E-state index is -0.995. The van der Waals surface area contributed by atoms with E-state index in [1.165, 1.54) is 24.3 Å². The molecule has 0 aliphatic heterocycles. The highest BCUT2D eigenvalue weighted by molar-refractivity contribution is 6.35. The molecule has 1 N–H and O–H groups in total. The number of nitrogens with zero attached hydrogens (tertiary/aromatic N) is 2. The normalized spacial score (nSPS) is 12.0. The summed E-state index contributed by atoms with van der Waals surface area (Å²) in [4.78, 5) is 12.0. The molecular weight excluding hydrogens is 394 g/mol. The second-order valence-electron chi connectivity index (χ2n) is 5.79. The zero-order chi connectivity index (χ0) is 19.4. The first-order chi connectivity index (χ1) is 12.9. The van der Waals surface area contributed by atoms with Gasteiger partial charge >= 0.3 is 0 Å². The van der Waals surface area contributed by atoms with Crippen molar-refractivity contribution < 1.29 is 14.2 Å². The summed E-state index contributed by atoms with van der Waals surface area (Å²) in [6.07, 6.45) is -0.995. The van der Waals surface area contributed by atoms with Gasteiger partial charge in [-0.25, -0.2) is 9.07 Å². The van der Waals surface area contributed by atoms with Gasteiger partial charge in [-0.1, -0.05) is 23.2 Å². The lowest BCUT2D eigenvalue weighted by Crippen LogP contribution is -2.31. The van der Waals surface area contributed by atoms with Crippen LogP contribution >= 0.6 is 23.2 Å². The van der Waals surface area contributed by atoms with Gasteiger partial charge in [0, 0.05) is 16.7 Å². The minimum absolute atomic E-state index is 0.0704. The fourth-order valence-corrected chi connectivity index (χ4v) is 2.85. The van der Waals surface area contributed by atoms with E-state index in [0.29, 0.717) is 27.1 Å². The Morgan fingerprint density at radius 1 is 1.11 bits per heavy atom. The van der Waals surface area contributed by atoms with Crippen LogP contribution in [0.15, 0.2) is 59.4 Å². The molecule has 1 heterocycles. The second-order valence-corrected chi connectivity index (χ2v) is 6.63. The molecule has 0 radical (unpaired) electrons. The standard InChI is InChI=1S/C19H15Cl2FN2O3/c20-13-3-7-18(16(21)9-13)27-11-15(25)10-24-19(26)8-6-17(23-24)12-1-4-14(22)5-2-12/h1-9,15,25H,10-11H2. The Labute approximate surface area is 164 Å². The molecule has 0 aliphatic rings. The molecule has 0 spiro atoms. The number of hydrogen-bond acceptors (Lipinski definition) is 4. The first-order valence-electron chi connectivity index (χ1n) is 8.02. The van der Waals surface area contributed by atoms with Crippen LogP contribution in [0.4, 0.5) is 4.39 Å². The van der Waals surface area contributed by atoms with E-state index < -0.39 is 6.10 Å². The SMILES string of the molecule is O=c1ccc(-c2ccc(F)cc2)nn1CC(O)COc1ccc(Cl)cc1Cl. The number of rotatable bonds is 6. The highest BCUT2D eigenvalue weighted by Gasteiger charge is 2.12. The van der Waals surface area contributed by atoms with E-state index in [4.69, 9.17) is 27.9 Å². The molecule has 140 valence electrons. The maximum absolute atomic E-state index is 13.1. The number of halogens is 3. The van der Waals surface area contributed by atoms with Crippen LogP contribution in [0.25, 0.3) is 11.3 Å². The summed E-state index contributed by atoms with van der Waals surface area (Å²) in [5, 5.41) is 15.2. The molecule has 3 aromatic rings. The molecule has 0 fully saturated rings. The van der Waals surface area contributed by atoms with Gasteiger partial charge in [0.05, 0.1) is 17.3 Å². The molecule has 1 atom stereocenters. The Kier molecular flexibility index (Phi) is 6.11. The van der Waals surface area contributed by atoms with Crippen molar-refractivity contribution in [2.24, 2.45) is 0 Å². The lowest BCUT2D eigenvalue weighted by atomic mass is 10.1. The van der Waals surface area contributed by atoms with Gasteiger partial charge in [-0.2, -0.15) is 5.10 Å². The smallest absolute Gasteiger partial charge is 0.266 e. The Hall–Kier alpha value is -2.41. The molecule has 27 heavy (non-hydrogen) atoms. The molecule has 0 saturated carbocycles. The molecule has 2 aromatic carbocycles. The van der Waals surface area contributed by atoms with Crippen molar-refractivity contribution in [2.75, 3.05) is 6.61 Å². The van der Waals surface area contributed by atoms with E-state index >= 15 is 0 Å². The lowest BCUT2D eigenvalue weighted by molar-refractivity contribution is 0.0881. The van der Waals surface area contributed by atoms with Gasteiger partial charge in [0.15, 0.2) is 0 Å². The summed E-state index contributed by atoms with van der Waals surface area (Å²) in [5.41, 5.74) is 0.775. The van der Waals surface area contributed by atoms with Crippen molar-refractivity contribution in [1.29, 1.82) is 0 Å². The van der Waals surface area contributed by atoms with Gasteiger partial charge < -0.3 is 9.84 Å². The molecule has 0 amide bonds. The molecule has 8 heteroatoms. The monoisotopic (exact) mass is 408 g/mol. The molecule has 0 aliphatic carbocycles. The van der Waals surface area contributed by atoms with Crippen LogP contribution in [0.1, 0.15) is 0 Å². The largest absolute Gasteiger partial charge is 0.489 e. The van der Waals surface area contributed by atoms with Crippen LogP contribution < -0.4 is 10.3 Å². The predicted molar refractivity (Wildman–Crippen MR) is 102 cm³/mol. The third-order valence-corrected chi connectivity index (χ3v) is 4.25. The van der Waals surface area contributed by atoms with Crippen LogP contribution in [-0.4, -0.2) is 27.6 Å². The van der Waals surface area contributed by atoms with Gasteiger partial charge in [-0.05, 0) is 48.5 Å². The van der Waals surface area contributed by atoms with E-state index in [1.807, 2.05) is 0 Å². The number of aromatic nitrogens is 2. The summed E-state index contributed by atoms with van der Waals surface area (Å²) < 4.78 is 19.7. The summed E-state index contributed by atoms with van der Waals surface area (Å²) in [6.45, 7) is -0.157. The highest BCUT2D eigenvalue weighted by Crippen LogP contribution is 2.27. The van der Waals surface area contributed by atoms with Gasteiger partial charge in [0.1, 0.15) is 24.3 Å². The zero-order valence-corrected chi connectivity index (χ0v) is 15.5. The predicted octanol–water partition coefficient (Wildman–Crippen LogP) is 3.80. The zero-order valence-electron chi connectivity index (χ0n) is 14.0. The third kappa shape index (κ3) is 5.07. The number of aliphatic hydroxyl groups is 1.